The van der Waals surface area contributed by atoms with Crippen LogP contribution in [0.3, 0.4) is 0 Å². The Kier molecular flexibility index (Phi) is 8.27. The number of allylic oxidation sites excluding steroid dienone is 2. The number of rotatable bonds is 9. The summed E-state index contributed by atoms with van der Waals surface area (Å²) in [5.41, 5.74) is 0.746. The van der Waals surface area contributed by atoms with E-state index in [2.05, 4.69) is 23.0 Å². The van der Waals surface area contributed by atoms with Gasteiger partial charge in [-0.1, -0.05) is 31.0 Å². The Hall–Kier alpha value is -1.74. The molecule has 0 aromatic heterocycles. The maximum atomic E-state index is 13.3. The highest BCUT2D eigenvalue weighted by Crippen LogP contribution is 2.46. The molecule has 4 nitrogen and oxygen atoms in total. The molecule has 1 fully saturated rings. The van der Waals surface area contributed by atoms with E-state index in [1.165, 1.54) is 17.8 Å². The number of piperazine rings is 1. The zero-order valence-electron chi connectivity index (χ0n) is 17.7. The van der Waals surface area contributed by atoms with Crippen LogP contribution < -0.4 is 4.90 Å². The Labute approximate surface area is 186 Å². The molecular formula is C23H30F3N3OS. The second kappa shape index (κ2) is 10.7. The lowest BCUT2D eigenvalue weighted by atomic mass is 10.1. The van der Waals surface area contributed by atoms with Gasteiger partial charge in [0.15, 0.2) is 0 Å². The summed E-state index contributed by atoms with van der Waals surface area (Å²) in [6.45, 7) is 14.3. The first-order valence-corrected chi connectivity index (χ1v) is 11.4. The molecule has 2 aliphatic rings. The van der Waals surface area contributed by atoms with E-state index in [-0.39, 0.29) is 6.61 Å². The van der Waals surface area contributed by atoms with Gasteiger partial charge in [-0.15, -0.1) is 0 Å². The van der Waals surface area contributed by atoms with Gasteiger partial charge in [-0.05, 0) is 43.7 Å². The van der Waals surface area contributed by atoms with Crippen molar-refractivity contribution in [3.05, 3.63) is 59.7 Å². The average Bonchev–Trinajstić information content (AvgIpc) is 2.77. The number of fused-ring (bicyclic) bond motifs is 1. The van der Waals surface area contributed by atoms with Gasteiger partial charge >= 0.3 is 6.18 Å². The molecule has 3 rings (SSSR count). The molecule has 8 heteroatoms. The van der Waals surface area contributed by atoms with Gasteiger partial charge in [-0.25, -0.2) is 0 Å². The number of nitrogens with zero attached hydrogens (tertiary/aromatic N) is 3. The van der Waals surface area contributed by atoms with Gasteiger partial charge < -0.3 is 19.8 Å². The Morgan fingerprint density at radius 2 is 1.61 bits per heavy atom. The first-order chi connectivity index (χ1) is 14.9. The van der Waals surface area contributed by atoms with Gasteiger partial charge in [0.25, 0.3) is 0 Å². The Morgan fingerprint density at radius 3 is 2.16 bits per heavy atom. The van der Waals surface area contributed by atoms with Crippen LogP contribution in [0.5, 0.6) is 0 Å². The molecule has 0 amide bonds. The van der Waals surface area contributed by atoms with E-state index in [9.17, 15) is 13.2 Å². The Morgan fingerprint density at radius 1 is 0.968 bits per heavy atom. The molecule has 2 heterocycles. The molecular weight excluding hydrogens is 423 g/mol. The summed E-state index contributed by atoms with van der Waals surface area (Å²) in [5, 5.41) is 8.98. The SMILES string of the molecule is C=CC1=C(C=C)N(CCCN2CCN(CCCO)CC2)c2cc(C(F)(F)F)ccc2S1. The fraction of sp³-hybridized carbons (Fsp3) is 0.478. The molecule has 1 saturated heterocycles. The van der Waals surface area contributed by atoms with E-state index in [4.69, 9.17) is 5.11 Å². The molecule has 0 saturated carbocycles. The topological polar surface area (TPSA) is 30.0 Å². The van der Waals surface area contributed by atoms with Crippen molar-refractivity contribution in [2.24, 2.45) is 0 Å². The summed E-state index contributed by atoms with van der Waals surface area (Å²) in [5.74, 6) is 0. The van der Waals surface area contributed by atoms with E-state index < -0.39 is 11.7 Å². The molecule has 170 valence electrons. The summed E-state index contributed by atoms with van der Waals surface area (Å²) in [6, 6.07) is 3.93. The molecule has 0 aliphatic carbocycles. The Balaban J connectivity index is 1.68. The third-order valence-corrected chi connectivity index (χ3v) is 6.83. The number of thioether (sulfide) groups is 1. The summed E-state index contributed by atoms with van der Waals surface area (Å²) < 4.78 is 39.9. The maximum Gasteiger partial charge on any atom is 0.416 e. The maximum absolute atomic E-state index is 13.3. The number of aliphatic hydroxyl groups excluding tert-OH is 1. The highest BCUT2D eigenvalue weighted by atomic mass is 32.2. The van der Waals surface area contributed by atoms with Gasteiger partial charge in [-0.2, -0.15) is 13.2 Å². The minimum Gasteiger partial charge on any atom is -0.396 e. The fourth-order valence-corrected chi connectivity index (χ4v) is 5.03. The predicted molar refractivity (Wildman–Crippen MR) is 121 cm³/mol. The third kappa shape index (κ3) is 5.94. The molecule has 1 aromatic carbocycles. The highest BCUT2D eigenvalue weighted by Gasteiger charge is 2.33. The molecule has 0 unspecified atom stereocenters. The molecule has 2 aliphatic heterocycles. The van der Waals surface area contributed by atoms with Crippen molar-refractivity contribution < 1.29 is 18.3 Å². The second-order valence-corrected chi connectivity index (χ2v) is 8.79. The van der Waals surface area contributed by atoms with Crippen LogP contribution in [0.25, 0.3) is 0 Å². The molecule has 0 bridgehead atoms. The number of aliphatic hydroxyl groups is 1. The van der Waals surface area contributed by atoms with Gasteiger partial charge in [-0.3, -0.25) is 0 Å². The third-order valence-electron chi connectivity index (χ3n) is 5.67. The first-order valence-electron chi connectivity index (χ1n) is 10.6. The zero-order chi connectivity index (χ0) is 22.4. The normalized spacial score (nSPS) is 18.3. The number of benzene rings is 1. The van der Waals surface area contributed by atoms with Gasteiger partial charge in [0.2, 0.25) is 0 Å². The minimum absolute atomic E-state index is 0.220. The molecule has 0 spiro atoms. The largest absolute Gasteiger partial charge is 0.416 e. The van der Waals surface area contributed by atoms with Crippen LogP contribution in [-0.4, -0.2) is 67.3 Å². The van der Waals surface area contributed by atoms with Crippen LogP contribution in [0.2, 0.25) is 0 Å². The molecule has 1 N–H and O–H groups in total. The quantitative estimate of drug-likeness (QED) is 0.591. The van der Waals surface area contributed by atoms with Crippen LogP contribution in [-0.2, 0) is 6.18 Å². The van der Waals surface area contributed by atoms with Crippen molar-refractivity contribution in [2.45, 2.75) is 23.9 Å². The van der Waals surface area contributed by atoms with Crippen molar-refractivity contribution in [2.75, 3.05) is 57.3 Å². The Bertz CT molecular complexity index is 817. The van der Waals surface area contributed by atoms with E-state index in [0.717, 1.165) is 73.7 Å². The van der Waals surface area contributed by atoms with Crippen molar-refractivity contribution in [1.82, 2.24) is 9.80 Å². The van der Waals surface area contributed by atoms with E-state index >= 15 is 0 Å². The van der Waals surface area contributed by atoms with E-state index in [1.54, 1.807) is 18.2 Å². The van der Waals surface area contributed by atoms with Crippen molar-refractivity contribution in [3.63, 3.8) is 0 Å². The molecule has 1 aromatic rings. The summed E-state index contributed by atoms with van der Waals surface area (Å²) in [4.78, 5) is 8.40. The van der Waals surface area contributed by atoms with Crippen LogP contribution in [0.15, 0.2) is 59.0 Å². The molecule has 0 atom stereocenters. The van der Waals surface area contributed by atoms with Gasteiger partial charge in [0.05, 0.1) is 16.9 Å². The van der Waals surface area contributed by atoms with Crippen LogP contribution in [0.1, 0.15) is 18.4 Å². The van der Waals surface area contributed by atoms with Crippen molar-refractivity contribution >= 4 is 17.4 Å². The number of hydrogen-bond donors (Lipinski definition) is 1. The zero-order valence-corrected chi connectivity index (χ0v) is 18.5. The molecule has 31 heavy (non-hydrogen) atoms. The number of alkyl halides is 3. The number of anilines is 1. The predicted octanol–water partition coefficient (Wildman–Crippen LogP) is 4.59. The number of halogens is 3. The summed E-state index contributed by atoms with van der Waals surface area (Å²) in [6.07, 6.45) is 0.694. The lowest BCUT2D eigenvalue weighted by molar-refractivity contribution is -0.137. The van der Waals surface area contributed by atoms with Crippen molar-refractivity contribution in [1.29, 1.82) is 0 Å². The van der Waals surface area contributed by atoms with Crippen molar-refractivity contribution in [3.8, 4) is 0 Å². The van der Waals surface area contributed by atoms with Gasteiger partial charge in [0.1, 0.15) is 0 Å². The van der Waals surface area contributed by atoms with Crippen LogP contribution in [0.4, 0.5) is 18.9 Å². The highest BCUT2D eigenvalue weighted by molar-refractivity contribution is 8.03. The monoisotopic (exact) mass is 453 g/mol. The second-order valence-electron chi connectivity index (χ2n) is 7.71. The van der Waals surface area contributed by atoms with Crippen LogP contribution in [0, 0.1) is 0 Å². The fourth-order valence-electron chi connectivity index (χ4n) is 4.01. The number of hydrogen-bond acceptors (Lipinski definition) is 5. The lowest BCUT2D eigenvalue weighted by Crippen LogP contribution is -2.47. The smallest absolute Gasteiger partial charge is 0.396 e. The average molecular weight is 454 g/mol. The lowest BCUT2D eigenvalue weighted by Gasteiger charge is -2.36. The summed E-state index contributed by atoms with van der Waals surface area (Å²) in [7, 11) is 0. The van der Waals surface area contributed by atoms with Gasteiger partial charge in [0, 0.05) is 55.7 Å². The molecule has 0 radical (unpaired) electrons. The summed E-state index contributed by atoms with van der Waals surface area (Å²) >= 11 is 1.43. The minimum atomic E-state index is -4.38. The van der Waals surface area contributed by atoms with E-state index in [0.29, 0.717) is 12.2 Å². The van der Waals surface area contributed by atoms with E-state index in [1.807, 2.05) is 4.90 Å². The van der Waals surface area contributed by atoms with Crippen LogP contribution >= 0.6 is 11.8 Å². The standard InChI is InChI=1S/C23H30F3N3OS/c1-3-19-21(4-2)31-22-8-7-18(23(24,25)26)17-20(22)29(19)11-5-9-27-12-14-28(15-13-27)10-6-16-30/h3-4,7-8,17,30H,1-2,5-6,9-16H2. The first kappa shape index (κ1) is 23.9.